The van der Waals surface area contributed by atoms with Crippen molar-refractivity contribution in [3.05, 3.63) is 53.1 Å². The van der Waals surface area contributed by atoms with Crippen molar-refractivity contribution in [2.45, 2.75) is 51.5 Å². The molecule has 184 valence electrons. The fourth-order valence-corrected chi connectivity index (χ4v) is 4.10. The molecule has 1 saturated heterocycles. The number of hydrogen-bond donors (Lipinski definition) is 4. The Labute approximate surface area is 200 Å². The molecule has 11 heteroatoms. The maximum atomic E-state index is 14.5. The van der Waals surface area contributed by atoms with Crippen molar-refractivity contribution in [1.82, 2.24) is 10.3 Å². The Morgan fingerprint density at radius 1 is 1.32 bits per heavy atom. The summed E-state index contributed by atoms with van der Waals surface area (Å²) in [5, 5.41) is 24.9. The van der Waals surface area contributed by atoms with Crippen LogP contribution in [0.3, 0.4) is 0 Å². The highest BCUT2D eigenvalue weighted by Gasteiger charge is 2.34. The summed E-state index contributed by atoms with van der Waals surface area (Å²) in [6, 6.07) is 3.88. The van der Waals surface area contributed by atoms with Gasteiger partial charge >= 0.3 is 6.61 Å². The number of carbonyl (C=O) groups excluding carboxylic acids is 1. The van der Waals surface area contributed by atoms with Crippen molar-refractivity contribution in [3.8, 4) is 5.75 Å². The van der Waals surface area contributed by atoms with E-state index in [9.17, 15) is 23.1 Å². The summed E-state index contributed by atoms with van der Waals surface area (Å²) in [7, 11) is 0. The van der Waals surface area contributed by atoms with Gasteiger partial charge in [-0.1, -0.05) is 0 Å². The number of anilines is 1. The number of thioether (sulfide) groups is 1. The molecule has 2 aromatic rings. The number of amides is 1. The highest BCUT2D eigenvalue weighted by molar-refractivity contribution is 8.00. The van der Waals surface area contributed by atoms with Gasteiger partial charge in [0.15, 0.2) is 0 Å². The predicted octanol–water partition coefficient (Wildman–Crippen LogP) is 4.04. The molecule has 1 aliphatic heterocycles. The summed E-state index contributed by atoms with van der Waals surface area (Å²) in [6.45, 7) is 3.69. The van der Waals surface area contributed by atoms with Gasteiger partial charge in [0.05, 0.1) is 34.1 Å². The SMILES string of the molecule is CC(Nc1cc(C(=O)NC2(C)CSC2)cnc1C(=N)c1cc(OC(F)F)ccc1F)C(C)(C)O. The number of hydrogen-bond acceptors (Lipinski definition) is 7. The van der Waals surface area contributed by atoms with Crippen LogP contribution in [0.4, 0.5) is 18.9 Å². The highest BCUT2D eigenvalue weighted by Crippen LogP contribution is 2.30. The molecular formula is C23H27F3N4O3S. The van der Waals surface area contributed by atoms with Crippen LogP contribution in [0.25, 0.3) is 0 Å². The van der Waals surface area contributed by atoms with E-state index in [4.69, 9.17) is 5.41 Å². The second kappa shape index (κ2) is 9.83. The molecule has 0 spiro atoms. The van der Waals surface area contributed by atoms with Crippen LogP contribution in [0.1, 0.15) is 49.3 Å². The molecule has 0 bridgehead atoms. The lowest BCUT2D eigenvalue weighted by Crippen LogP contribution is -2.55. The van der Waals surface area contributed by atoms with E-state index in [0.717, 1.165) is 29.7 Å². The summed E-state index contributed by atoms with van der Waals surface area (Å²) in [5.41, 5.74) is -1.81. The lowest BCUT2D eigenvalue weighted by Gasteiger charge is -2.38. The topological polar surface area (TPSA) is 107 Å². The number of rotatable bonds is 9. The van der Waals surface area contributed by atoms with Gasteiger partial charge < -0.3 is 20.5 Å². The number of carbonyl (C=O) groups is 1. The quantitative estimate of drug-likeness (QED) is 0.391. The second-order valence-electron chi connectivity index (χ2n) is 9.04. The van der Waals surface area contributed by atoms with Crippen LogP contribution in [-0.2, 0) is 0 Å². The van der Waals surface area contributed by atoms with E-state index in [2.05, 4.69) is 20.4 Å². The predicted molar refractivity (Wildman–Crippen MR) is 126 cm³/mol. The van der Waals surface area contributed by atoms with Gasteiger partial charge in [-0.05, 0) is 52.0 Å². The van der Waals surface area contributed by atoms with Gasteiger partial charge in [-0.25, -0.2) is 4.39 Å². The first kappa shape index (κ1) is 25.8. The van der Waals surface area contributed by atoms with Crippen LogP contribution in [0.5, 0.6) is 5.75 Å². The molecule has 0 saturated carbocycles. The zero-order valence-electron chi connectivity index (χ0n) is 19.2. The van der Waals surface area contributed by atoms with Crippen molar-refractivity contribution >= 4 is 29.1 Å². The second-order valence-corrected chi connectivity index (χ2v) is 10.0. The Kier molecular flexibility index (Phi) is 7.47. The zero-order valence-corrected chi connectivity index (χ0v) is 20.0. The molecule has 0 radical (unpaired) electrons. The smallest absolute Gasteiger partial charge is 0.387 e. The van der Waals surface area contributed by atoms with Gasteiger partial charge in [-0.15, -0.1) is 0 Å². The highest BCUT2D eigenvalue weighted by atomic mass is 32.2. The van der Waals surface area contributed by atoms with E-state index in [1.165, 1.54) is 12.3 Å². The first-order chi connectivity index (χ1) is 15.8. The Hall–Kier alpha value is -2.79. The van der Waals surface area contributed by atoms with Gasteiger partial charge in [0, 0.05) is 23.3 Å². The van der Waals surface area contributed by atoms with Crippen LogP contribution < -0.4 is 15.4 Å². The summed E-state index contributed by atoms with van der Waals surface area (Å²) in [4.78, 5) is 17.0. The third-order valence-electron chi connectivity index (χ3n) is 5.51. The van der Waals surface area contributed by atoms with Crippen LogP contribution in [0.15, 0.2) is 30.5 Å². The molecule has 4 N–H and O–H groups in total. The lowest BCUT2D eigenvalue weighted by atomic mass is 9.98. The standard InChI is InChI=1S/C23H27F3N4O3S/c1-12(22(2,3)32)29-17-7-13(20(31)30-23(4)10-34-11-23)9-28-19(17)18(27)15-8-14(33-21(25)26)5-6-16(15)24/h5-9,12,21,27,29,32H,10-11H2,1-4H3,(H,30,31). The maximum absolute atomic E-state index is 14.5. The Balaban J connectivity index is 2.00. The zero-order chi connectivity index (χ0) is 25.3. The Morgan fingerprint density at radius 2 is 2.00 bits per heavy atom. The van der Waals surface area contributed by atoms with Gasteiger partial charge in [0.2, 0.25) is 0 Å². The van der Waals surface area contributed by atoms with E-state index >= 15 is 0 Å². The largest absolute Gasteiger partial charge is 0.435 e. The van der Waals surface area contributed by atoms with E-state index in [1.807, 2.05) is 6.92 Å². The van der Waals surface area contributed by atoms with Crippen LogP contribution in [-0.4, -0.2) is 57.0 Å². The normalized spacial score (nSPS) is 15.9. The van der Waals surface area contributed by atoms with E-state index in [1.54, 1.807) is 32.5 Å². The monoisotopic (exact) mass is 496 g/mol. The summed E-state index contributed by atoms with van der Waals surface area (Å²) in [6.07, 6.45) is 1.27. The Bertz CT molecular complexity index is 1090. The first-order valence-corrected chi connectivity index (χ1v) is 11.7. The van der Waals surface area contributed by atoms with Gasteiger partial charge in [0.1, 0.15) is 17.3 Å². The number of benzene rings is 1. The number of aliphatic hydroxyl groups is 1. The minimum Gasteiger partial charge on any atom is -0.435 e. The number of ether oxygens (including phenoxy) is 1. The molecule has 1 aromatic carbocycles. The van der Waals surface area contributed by atoms with Crippen LogP contribution in [0, 0.1) is 11.2 Å². The summed E-state index contributed by atoms with van der Waals surface area (Å²) >= 11 is 1.71. The molecule has 3 rings (SSSR count). The minimum atomic E-state index is -3.11. The fourth-order valence-electron chi connectivity index (χ4n) is 3.13. The van der Waals surface area contributed by atoms with Crippen molar-refractivity contribution in [1.29, 1.82) is 5.41 Å². The van der Waals surface area contributed by atoms with Crippen molar-refractivity contribution in [2.24, 2.45) is 0 Å². The maximum Gasteiger partial charge on any atom is 0.387 e. The summed E-state index contributed by atoms with van der Waals surface area (Å²) in [5.74, 6) is 0.0778. The van der Waals surface area contributed by atoms with Gasteiger partial charge in [0.25, 0.3) is 5.91 Å². The number of aromatic nitrogens is 1. The molecule has 2 heterocycles. The van der Waals surface area contributed by atoms with E-state index < -0.39 is 29.8 Å². The number of nitrogens with one attached hydrogen (secondary N) is 3. The third kappa shape index (κ3) is 6.01. The molecule has 1 aliphatic rings. The van der Waals surface area contributed by atoms with Crippen molar-refractivity contribution in [2.75, 3.05) is 16.8 Å². The number of pyridine rings is 1. The van der Waals surface area contributed by atoms with E-state index in [0.29, 0.717) is 0 Å². The van der Waals surface area contributed by atoms with Crippen molar-refractivity contribution < 1.29 is 27.8 Å². The minimum absolute atomic E-state index is 0.0221. The first-order valence-electron chi connectivity index (χ1n) is 10.5. The molecule has 1 aromatic heterocycles. The van der Waals surface area contributed by atoms with Crippen LogP contribution in [0.2, 0.25) is 0 Å². The molecule has 1 amide bonds. The molecule has 1 fully saturated rings. The average Bonchev–Trinajstić information content (AvgIpc) is 2.72. The van der Waals surface area contributed by atoms with Crippen molar-refractivity contribution in [3.63, 3.8) is 0 Å². The summed E-state index contributed by atoms with van der Waals surface area (Å²) < 4.78 is 44.1. The molecule has 34 heavy (non-hydrogen) atoms. The molecule has 1 unspecified atom stereocenters. The Morgan fingerprint density at radius 3 is 2.56 bits per heavy atom. The number of halogens is 3. The van der Waals surface area contributed by atoms with E-state index in [-0.39, 0.29) is 39.7 Å². The molecular weight excluding hydrogens is 469 g/mol. The number of nitrogens with zero attached hydrogens (tertiary/aromatic N) is 1. The lowest BCUT2D eigenvalue weighted by molar-refractivity contribution is -0.0499. The average molecular weight is 497 g/mol. The van der Waals surface area contributed by atoms with Crippen LogP contribution >= 0.6 is 11.8 Å². The third-order valence-corrected chi connectivity index (χ3v) is 7.19. The molecule has 0 aliphatic carbocycles. The molecule has 1 atom stereocenters. The van der Waals surface area contributed by atoms with Gasteiger partial charge in [-0.2, -0.15) is 20.5 Å². The van der Waals surface area contributed by atoms with Gasteiger partial charge in [-0.3, -0.25) is 15.2 Å². The fraction of sp³-hybridized carbons (Fsp3) is 0.435. The molecule has 7 nitrogen and oxygen atoms in total. The number of alkyl halides is 2.